The standard InChI is InChI=1S/C9H11IN2O2/c1-9(11,4-8(13)14)7-3-2-6(10)5-12-7/h2-3,5H,4,11H2,1H3,(H,13,14). The van der Waals surface area contributed by atoms with Crippen molar-refractivity contribution in [1.82, 2.24) is 4.98 Å². The van der Waals surface area contributed by atoms with Gasteiger partial charge >= 0.3 is 5.97 Å². The van der Waals surface area contributed by atoms with E-state index in [4.69, 9.17) is 10.8 Å². The number of hydrogen-bond acceptors (Lipinski definition) is 3. The number of halogens is 1. The van der Waals surface area contributed by atoms with Crippen LogP contribution in [0.5, 0.6) is 0 Å². The lowest BCUT2D eigenvalue weighted by atomic mass is 9.94. The van der Waals surface area contributed by atoms with E-state index in [0.717, 1.165) is 3.57 Å². The summed E-state index contributed by atoms with van der Waals surface area (Å²) in [7, 11) is 0. The number of carboxylic acids is 1. The van der Waals surface area contributed by atoms with Crippen molar-refractivity contribution in [3.8, 4) is 0 Å². The monoisotopic (exact) mass is 306 g/mol. The smallest absolute Gasteiger partial charge is 0.305 e. The van der Waals surface area contributed by atoms with Crippen LogP contribution in [-0.2, 0) is 10.3 Å². The molecule has 0 aromatic carbocycles. The molecule has 3 N–H and O–H groups in total. The molecule has 0 aliphatic heterocycles. The van der Waals surface area contributed by atoms with Crippen molar-refractivity contribution in [2.24, 2.45) is 5.73 Å². The molecule has 1 aromatic heterocycles. The third kappa shape index (κ3) is 2.91. The van der Waals surface area contributed by atoms with Crippen LogP contribution in [0, 0.1) is 3.57 Å². The Kier molecular flexibility index (Phi) is 3.43. The second-order valence-corrected chi connectivity index (χ2v) is 4.60. The molecule has 0 bridgehead atoms. The van der Waals surface area contributed by atoms with Crippen molar-refractivity contribution >= 4 is 28.6 Å². The first kappa shape index (κ1) is 11.4. The van der Waals surface area contributed by atoms with Crippen LogP contribution in [-0.4, -0.2) is 16.1 Å². The minimum atomic E-state index is -0.921. The Morgan fingerprint density at radius 1 is 1.71 bits per heavy atom. The molecule has 1 rings (SSSR count). The van der Waals surface area contributed by atoms with Gasteiger partial charge in [0.2, 0.25) is 0 Å². The summed E-state index contributed by atoms with van der Waals surface area (Å²) in [6.07, 6.45) is 1.55. The fourth-order valence-electron chi connectivity index (χ4n) is 1.12. The molecule has 76 valence electrons. The van der Waals surface area contributed by atoms with Crippen molar-refractivity contribution in [3.63, 3.8) is 0 Å². The third-order valence-corrected chi connectivity index (χ3v) is 2.47. The van der Waals surface area contributed by atoms with Crippen molar-refractivity contribution in [3.05, 3.63) is 27.6 Å². The second kappa shape index (κ2) is 4.22. The highest BCUT2D eigenvalue weighted by molar-refractivity contribution is 14.1. The van der Waals surface area contributed by atoms with Crippen LogP contribution in [0.15, 0.2) is 18.3 Å². The molecule has 0 fully saturated rings. The molecule has 4 nitrogen and oxygen atoms in total. The zero-order valence-corrected chi connectivity index (χ0v) is 9.85. The van der Waals surface area contributed by atoms with Crippen molar-refractivity contribution in [2.75, 3.05) is 0 Å². The van der Waals surface area contributed by atoms with E-state index in [2.05, 4.69) is 27.6 Å². The predicted molar refractivity (Wildman–Crippen MR) is 60.7 cm³/mol. The number of pyridine rings is 1. The number of nitrogens with two attached hydrogens (primary N) is 1. The van der Waals surface area contributed by atoms with Gasteiger partial charge in [-0.25, -0.2) is 0 Å². The summed E-state index contributed by atoms with van der Waals surface area (Å²) in [5.41, 5.74) is 5.53. The molecule has 0 aliphatic rings. The number of rotatable bonds is 3. The Labute approximate surface area is 95.7 Å². The Morgan fingerprint density at radius 2 is 2.36 bits per heavy atom. The number of aromatic nitrogens is 1. The normalized spacial score (nSPS) is 14.8. The van der Waals surface area contributed by atoms with Gasteiger partial charge in [0.25, 0.3) is 0 Å². The zero-order valence-electron chi connectivity index (χ0n) is 7.70. The summed E-state index contributed by atoms with van der Waals surface area (Å²) in [5, 5.41) is 8.66. The quantitative estimate of drug-likeness (QED) is 0.826. The molecule has 0 spiro atoms. The maximum Gasteiger partial charge on any atom is 0.305 e. The third-order valence-electron chi connectivity index (χ3n) is 1.83. The highest BCUT2D eigenvalue weighted by Gasteiger charge is 2.25. The summed E-state index contributed by atoms with van der Waals surface area (Å²) in [4.78, 5) is 14.7. The minimum Gasteiger partial charge on any atom is -0.481 e. The Hall–Kier alpha value is -0.690. The summed E-state index contributed by atoms with van der Waals surface area (Å²) in [6.45, 7) is 1.66. The lowest BCUT2D eigenvalue weighted by molar-refractivity contribution is -0.138. The summed E-state index contributed by atoms with van der Waals surface area (Å²) >= 11 is 2.13. The van der Waals surface area contributed by atoms with Gasteiger partial charge in [0.1, 0.15) is 0 Å². The first-order valence-corrected chi connectivity index (χ1v) is 5.12. The molecule has 1 unspecified atom stereocenters. The lowest BCUT2D eigenvalue weighted by Gasteiger charge is -2.21. The number of carboxylic acid groups (broad SMARTS) is 1. The average Bonchev–Trinajstić information content (AvgIpc) is 2.02. The largest absolute Gasteiger partial charge is 0.481 e. The Morgan fingerprint density at radius 3 is 2.79 bits per heavy atom. The van der Waals surface area contributed by atoms with E-state index in [-0.39, 0.29) is 6.42 Å². The number of hydrogen-bond donors (Lipinski definition) is 2. The lowest BCUT2D eigenvalue weighted by Crippen LogP contribution is -2.36. The Bertz CT molecular complexity index is 335. The van der Waals surface area contributed by atoms with Gasteiger partial charge in [0, 0.05) is 9.77 Å². The fraction of sp³-hybridized carbons (Fsp3) is 0.333. The topological polar surface area (TPSA) is 76.2 Å². The SMILES string of the molecule is CC(N)(CC(=O)O)c1ccc(I)cn1. The second-order valence-electron chi connectivity index (χ2n) is 3.35. The summed E-state index contributed by atoms with van der Waals surface area (Å²) in [6, 6.07) is 3.61. The van der Waals surface area contributed by atoms with Crippen LogP contribution in [0.2, 0.25) is 0 Å². The fourth-order valence-corrected chi connectivity index (χ4v) is 1.44. The van der Waals surface area contributed by atoms with Gasteiger partial charge in [-0.1, -0.05) is 0 Å². The van der Waals surface area contributed by atoms with Crippen molar-refractivity contribution in [1.29, 1.82) is 0 Å². The van der Waals surface area contributed by atoms with Gasteiger partial charge in [0.05, 0.1) is 17.7 Å². The molecule has 5 heteroatoms. The van der Waals surface area contributed by atoms with Gasteiger partial charge < -0.3 is 10.8 Å². The summed E-state index contributed by atoms with van der Waals surface area (Å²) in [5.74, 6) is -0.921. The first-order valence-electron chi connectivity index (χ1n) is 4.04. The molecule has 0 amide bonds. The van der Waals surface area contributed by atoms with Crippen LogP contribution in [0.3, 0.4) is 0 Å². The van der Waals surface area contributed by atoms with E-state index in [9.17, 15) is 4.79 Å². The van der Waals surface area contributed by atoms with E-state index in [1.807, 2.05) is 6.07 Å². The minimum absolute atomic E-state index is 0.124. The molecule has 1 aromatic rings. The number of carbonyl (C=O) groups is 1. The van der Waals surface area contributed by atoms with E-state index in [1.54, 1.807) is 19.2 Å². The highest BCUT2D eigenvalue weighted by Crippen LogP contribution is 2.19. The molecular weight excluding hydrogens is 295 g/mol. The van der Waals surface area contributed by atoms with E-state index in [0.29, 0.717) is 5.69 Å². The van der Waals surface area contributed by atoms with Crippen molar-refractivity contribution in [2.45, 2.75) is 18.9 Å². The first-order chi connectivity index (χ1) is 6.42. The van der Waals surface area contributed by atoms with Gasteiger partial charge in [-0.15, -0.1) is 0 Å². The molecule has 0 saturated carbocycles. The van der Waals surface area contributed by atoms with Crippen LogP contribution in [0.25, 0.3) is 0 Å². The average molecular weight is 306 g/mol. The van der Waals surface area contributed by atoms with Gasteiger partial charge in [-0.3, -0.25) is 9.78 Å². The molecule has 0 saturated heterocycles. The molecule has 1 atom stereocenters. The molecule has 1 heterocycles. The molecular formula is C9H11IN2O2. The number of aliphatic carboxylic acids is 1. The van der Waals surface area contributed by atoms with Crippen molar-refractivity contribution < 1.29 is 9.90 Å². The molecule has 0 aliphatic carbocycles. The van der Waals surface area contributed by atoms with Gasteiger partial charge in [0.15, 0.2) is 0 Å². The molecule has 0 radical (unpaired) electrons. The van der Waals surface area contributed by atoms with Crippen LogP contribution >= 0.6 is 22.6 Å². The van der Waals surface area contributed by atoms with E-state index in [1.165, 1.54) is 0 Å². The van der Waals surface area contributed by atoms with E-state index < -0.39 is 11.5 Å². The maximum absolute atomic E-state index is 10.5. The van der Waals surface area contributed by atoms with E-state index >= 15 is 0 Å². The molecule has 14 heavy (non-hydrogen) atoms. The van der Waals surface area contributed by atoms with Crippen LogP contribution in [0.4, 0.5) is 0 Å². The van der Waals surface area contributed by atoms with Gasteiger partial charge in [-0.2, -0.15) is 0 Å². The maximum atomic E-state index is 10.5. The highest BCUT2D eigenvalue weighted by atomic mass is 127. The Balaban J connectivity index is 2.91. The van der Waals surface area contributed by atoms with Gasteiger partial charge in [-0.05, 0) is 41.6 Å². The van der Waals surface area contributed by atoms with Crippen LogP contribution in [0.1, 0.15) is 19.0 Å². The summed E-state index contributed by atoms with van der Waals surface area (Å²) < 4.78 is 0.998. The predicted octanol–water partition coefficient (Wildman–Crippen LogP) is 1.33. The number of nitrogens with zero attached hydrogens (tertiary/aromatic N) is 1. The zero-order chi connectivity index (χ0) is 10.8. The van der Waals surface area contributed by atoms with Crippen LogP contribution < -0.4 is 5.73 Å².